The fourth-order valence-electron chi connectivity index (χ4n) is 3.40. The number of anilines is 1. The molecule has 1 aliphatic rings. The number of phenolic OH excluding ortho intramolecular Hbond substituents is 1. The van der Waals surface area contributed by atoms with Crippen molar-refractivity contribution in [2.24, 2.45) is 0 Å². The molecule has 29 heavy (non-hydrogen) atoms. The molecule has 1 aromatic heterocycles. The topological polar surface area (TPSA) is 56.7 Å². The number of pyridine rings is 1. The maximum atomic E-state index is 12.8. The van der Waals surface area contributed by atoms with E-state index in [0.29, 0.717) is 41.8 Å². The first-order valence-electron chi connectivity index (χ1n) is 9.26. The number of piperazine rings is 1. The second-order valence-corrected chi connectivity index (χ2v) is 7.70. The quantitative estimate of drug-likeness (QED) is 0.656. The standard InChI is InChI=1S/C22H19Cl2N3O2/c23-17-5-6-20(24)19(13-17)22(29)27-10-8-26(9-11-27)21-7-4-16(14-25-21)15-2-1-3-18(28)12-15/h1-7,12-14,28H,8-11H2. The number of aromatic hydroxyl groups is 1. The highest BCUT2D eigenvalue weighted by atomic mass is 35.5. The summed E-state index contributed by atoms with van der Waals surface area (Å²) in [7, 11) is 0. The molecule has 0 radical (unpaired) electrons. The van der Waals surface area contributed by atoms with Gasteiger partial charge in [-0.15, -0.1) is 0 Å². The van der Waals surface area contributed by atoms with Crippen LogP contribution < -0.4 is 4.90 Å². The number of rotatable bonds is 3. The fraction of sp³-hybridized carbons (Fsp3) is 0.182. The smallest absolute Gasteiger partial charge is 0.255 e. The summed E-state index contributed by atoms with van der Waals surface area (Å²) in [5, 5.41) is 10.5. The molecule has 0 bridgehead atoms. The molecule has 148 valence electrons. The second kappa shape index (κ2) is 8.31. The Hall–Kier alpha value is -2.76. The molecule has 1 aliphatic heterocycles. The number of hydrogen-bond acceptors (Lipinski definition) is 4. The van der Waals surface area contributed by atoms with E-state index in [9.17, 15) is 9.90 Å². The van der Waals surface area contributed by atoms with Crippen LogP contribution in [0.1, 0.15) is 10.4 Å². The Kier molecular flexibility index (Phi) is 5.60. The third-order valence-corrected chi connectivity index (χ3v) is 5.54. The van der Waals surface area contributed by atoms with Gasteiger partial charge in [-0.05, 0) is 48.0 Å². The van der Waals surface area contributed by atoms with Gasteiger partial charge in [-0.2, -0.15) is 0 Å². The molecule has 0 saturated carbocycles. The molecule has 1 saturated heterocycles. The average Bonchev–Trinajstić information content (AvgIpc) is 2.75. The third kappa shape index (κ3) is 4.31. The minimum Gasteiger partial charge on any atom is -0.508 e. The van der Waals surface area contributed by atoms with E-state index in [4.69, 9.17) is 23.2 Å². The van der Waals surface area contributed by atoms with Gasteiger partial charge in [-0.25, -0.2) is 4.98 Å². The van der Waals surface area contributed by atoms with Crippen LogP contribution >= 0.6 is 23.2 Å². The lowest BCUT2D eigenvalue weighted by Crippen LogP contribution is -2.49. The Morgan fingerprint density at radius 2 is 1.72 bits per heavy atom. The molecular formula is C22H19Cl2N3O2. The molecule has 0 unspecified atom stereocenters. The minimum atomic E-state index is -0.107. The van der Waals surface area contributed by atoms with E-state index in [-0.39, 0.29) is 11.7 Å². The molecule has 3 aromatic rings. The number of benzene rings is 2. The zero-order valence-electron chi connectivity index (χ0n) is 15.6. The van der Waals surface area contributed by atoms with Gasteiger partial charge in [-0.1, -0.05) is 35.3 Å². The maximum absolute atomic E-state index is 12.8. The van der Waals surface area contributed by atoms with Crippen LogP contribution in [0.25, 0.3) is 11.1 Å². The van der Waals surface area contributed by atoms with Gasteiger partial charge in [0.2, 0.25) is 0 Å². The second-order valence-electron chi connectivity index (χ2n) is 6.86. The van der Waals surface area contributed by atoms with Gasteiger partial charge in [0.05, 0.1) is 10.6 Å². The molecule has 7 heteroatoms. The normalized spacial score (nSPS) is 14.1. The first kappa shape index (κ1) is 19.6. The van der Waals surface area contributed by atoms with Crippen molar-refractivity contribution in [1.82, 2.24) is 9.88 Å². The summed E-state index contributed by atoms with van der Waals surface area (Å²) in [5.41, 5.74) is 2.29. The summed E-state index contributed by atoms with van der Waals surface area (Å²) >= 11 is 12.2. The van der Waals surface area contributed by atoms with Crippen LogP contribution in [0.3, 0.4) is 0 Å². The molecule has 2 aromatic carbocycles. The molecule has 5 nitrogen and oxygen atoms in total. The molecule has 0 aliphatic carbocycles. The highest BCUT2D eigenvalue weighted by Gasteiger charge is 2.24. The van der Waals surface area contributed by atoms with Crippen molar-refractivity contribution in [3.8, 4) is 16.9 Å². The number of hydrogen-bond donors (Lipinski definition) is 1. The van der Waals surface area contributed by atoms with Crippen LogP contribution in [0.2, 0.25) is 10.0 Å². The highest BCUT2D eigenvalue weighted by molar-refractivity contribution is 6.35. The highest BCUT2D eigenvalue weighted by Crippen LogP contribution is 2.26. The zero-order valence-corrected chi connectivity index (χ0v) is 17.1. The zero-order chi connectivity index (χ0) is 20.4. The van der Waals surface area contributed by atoms with Gasteiger partial charge in [-0.3, -0.25) is 4.79 Å². The average molecular weight is 428 g/mol. The van der Waals surface area contributed by atoms with E-state index in [1.807, 2.05) is 18.2 Å². The molecular weight excluding hydrogens is 409 g/mol. The van der Waals surface area contributed by atoms with E-state index in [0.717, 1.165) is 16.9 Å². The van der Waals surface area contributed by atoms with E-state index < -0.39 is 0 Å². The summed E-state index contributed by atoms with van der Waals surface area (Å²) in [6, 6.07) is 16.0. The SMILES string of the molecule is O=C(c1cc(Cl)ccc1Cl)N1CCN(c2ccc(-c3cccc(O)c3)cn2)CC1. The summed E-state index contributed by atoms with van der Waals surface area (Å²) in [5.74, 6) is 0.985. The Morgan fingerprint density at radius 3 is 2.41 bits per heavy atom. The largest absolute Gasteiger partial charge is 0.508 e. The lowest BCUT2D eigenvalue weighted by atomic mass is 10.1. The third-order valence-electron chi connectivity index (χ3n) is 4.98. The van der Waals surface area contributed by atoms with Gasteiger partial charge in [0.25, 0.3) is 5.91 Å². The number of phenols is 1. The Labute approximate surface area is 179 Å². The van der Waals surface area contributed by atoms with Crippen LogP contribution in [0.5, 0.6) is 5.75 Å². The van der Waals surface area contributed by atoms with E-state index in [1.54, 1.807) is 47.5 Å². The van der Waals surface area contributed by atoms with Crippen LogP contribution in [0.4, 0.5) is 5.82 Å². The van der Waals surface area contributed by atoms with Crippen molar-refractivity contribution in [3.05, 3.63) is 76.4 Å². The molecule has 1 fully saturated rings. The number of aromatic nitrogens is 1. The van der Waals surface area contributed by atoms with Crippen molar-refractivity contribution < 1.29 is 9.90 Å². The number of carbonyl (C=O) groups is 1. The van der Waals surface area contributed by atoms with Crippen molar-refractivity contribution in [2.45, 2.75) is 0 Å². The predicted octanol–water partition coefficient (Wildman–Crippen LogP) is 4.72. The minimum absolute atomic E-state index is 0.107. The Balaban J connectivity index is 1.42. The van der Waals surface area contributed by atoms with E-state index >= 15 is 0 Å². The van der Waals surface area contributed by atoms with Crippen molar-refractivity contribution in [2.75, 3.05) is 31.1 Å². The first-order valence-corrected chi connectivity index (χ1v) is 10.0. The van der Waals surface area contributed by atoms with Gasteiger partial charge in [0.15, 0.2) is 0 Å². The summed E-state index contributed by atoms with van der Waals surface area (Å²) in [6.07, 6.45) is 1.80. The molecule has 4 rings (SSSR count). The summed E-state index contributed by atoms with van der Waals surface area (Å²) in [6.45, 7) is 2.53. The maximum Gasteiger partial charge on any atom is 0.255 e. The lowest BCUT2D eigenvalue weighted by molar-refractivity contribution is 0.0746. The number of carbonyl (C=O) groups excluding carboxylic acids is 1. The molecule has 1 N–H and O–H groups in total. The summed E-state index contributed by atoms with van der Waals surface area (Å²) < 4.78 is 0. The van der Waals surface area contributed by atoms with E-state index in [1.165, 1.54) is 0 Å². The van der Waals surface area contributed by atoms with Gasteiger partial charge < -0.3 is 14.9 Å². The van der Waals surface area contributed by atoms with Crippen LogP contribution in [-0.4, -0.2) is 47.1 Å². The summed E-state index contributed by atoms with van der Waals surface area (Å²) in [4.78, 5) is 21.3. The van der Waals surface area contributed by atoms with Crippen LogP contribution in [-0.2, 0) is 0 Å². The van der Waals surface area contributed by atoms with Crippen molar-refractivity contribution >= 4 is 34.9 Å². The predicted molar refractivity (Wildman–Crippen MR) is 116 cm³/mol. The van der Waals surface area contributed by atoms with Crippen LogP contribution in [0.15, 0.2) is 60.8 Å². The lowest BCUT2D eigenvalue weighted by Gasteiger charge is -2.35. The van der Waals surface area contributed by atoms with Crippen LogP contribution in [0, 0.1) is 0 Å². The Morgan fingerprint density at radius 1 is 0.931 bits per heavy atom. The van der Waals surface area contributed by atoms with Gasteiger partial charge in [0, 0.05) is 43.0 Å². The molecule has 1 amide bonds. The Bertz CT molecular complexity index is 1030. The van der Waals surface area contributed by atoms with Crippen molar-refractivity contribution in [1.29, 1.82) is 0 Å². The van der Waals surface area contributed by atoms with Gasteiger partial charge >= 0.3 is 0 Å². The first-order chi connectivity index (χ1) is 14.0. The monoisotopic (exact) mass is 427 g/mol. The molecule has 0 atom stereocenters. The van der Waals surface area contributed by atoms with Gasteiger partial charge in [0.1, 0.15) is 11.6 Å². The van der Waals surface area contributed by atoms with E-state index in [2.05, 4.69) is 9.88 Å². The molecule has 2 heterocycles. The number of amides is 1. The number of nitrogens with zero attached hydrogens (tertiary/aromatic N) is 3. The fourth-order valence-corrected chi connectivity index (χ4v) is 3.77. The van der Waals surface area contributed by atoms with Crippen molar-refractivity contribution in [3.63, 3.8) is 0 Å². The number of halogens is 2. The molecule has 0 spiro atoms.